The van der Waals surface area contributed by atoms with E-state index in [1.54, 1.807) is 20.8 Å². The second-order valence-electron chi connectivity index (χ2n) is 6.79. The van der Waals surface area contributed by atoms with E-state index in [4.69, 9.17) is 9.84 Å². The second kappa shape index (κ2) is 6.62. The van der Waals surface area contributed by atoms with E-state index in [2.05, 4.69) is 5.32 Å². The monoisotopic (exact) mass is 302 g/mol. The third-order valence-electron chi connectivity index (χ3n) is 3.38. The van der Waals surface area contributed by atoms with Crippen LogP contribution in [0.15, 0.2) is 0 Å². The highest BCUT2D eigenvalue weighted by Crippen LogP contribution is 2.23. The van der Waals surface area contributed by atoms with Crippen molar-refractivity contribution in [1.29, 1.82) is 0 Å². The summed E-state index contributed by atoms with van der Waals surface area (Å²) in [6.45, 7) is 8.50. The molecule has 21 heavy (non-hydrogen) atoms. The first-order valence-corrected chi connectivity index (χ1v) is 7.16. The third kappa shape index (κ3) is 5.17. The van der Waals surface area contributed by atoms with Crippen LogP contribution in [0.1, 0.15) is 34.1 Å². The van der Waals surface area contributed by atoms with Gasteiger partial charge in [-0.1, -0.05) is 6.92 Å². The molecule has 122 valence electrons. The van der Waals surface area contributed by atoms with Crippen molar-refractivity contribution in [2.45, 2.75) is 45.3 Å². The molecular formula is C14H26N2O5. The van der Waals surface area contributed by atoms with Gasteiger partial charge in [-0.3, -0.25) is 4.90 Å². The van der Waals surface area contributed by atoms with Crippen LogP contribution in [-0.4, -0.2) is 64.6 Å². The number of carboxylic acid groups (broad SMARTS) is 1. The first-order valence-electron chi connectivity index (χ1n) is 7.16. The van der Waals surface area contributed by atoms with Crippen LogP contribution in [0.5, 0.6) is 0 Å². The number of alkyl carbamates (subject to hydrolysis) is 1. The lowest BCUT2D eigenvalue weighted by molar-refractivity contribution is -0.144. The highest BCUT2D eigenvalue weighted by Gasteiger charge is 2.47. The van der Waals surface area contributed by atoms with Crippen LogP contribution in [0.4, 0.5) is 4.79 Å². The van der Waals surface area contributed by atoms with E-state index in [0.29, 0.717) is 19.5 Å². The van der Waals surface area contributed by atoms with Crippen LogP contribution >= 0.6 is 0 Å². The predicted octanol–water partition coefficient (Wildman–Crippen LogP) is 0.669. The van der Waals surface area contributed by atoms with E-state index in [-0.39, 0.29) is 19.1 Å². The largest absolute Gasteiger partial charge is 0.479 e. The number of likely N-dealkylation sites (tertiary alicyclic amines) is 1. The Kier molecular flexibility index (Phi) is 5.58. The van der Waals surface area contributed by atoms with E-state index < -0.39 is 23.2 Å². The Balaban J connectivity index is 2.69. The van der Waals surface area contributed by atoms with Gasteiger partial charge in [0.25, 0.3) is 0 Å². The quantitative estimate of drug-likeness (QED) is 0.690. The molecule has 0 aliphatic carbocycles. The number of nitrogens with one attached hydrogen (secondary N) is 1. The first-order chi connectivity index (χ1) is 9.58. The Morgan fingerprint density at radius 3 is 2.52 bits per heavy atom. The Morgan fingerprint density at radius 2 is 2.05 bits per heavy atom. The summed E-state index contributed by atoms with van der Waals surface area (Å²) in [5.41, 5.74) is -2.00. The fraction of sp³-hybridized carbons (Fsp3) is 0.857. The smallest absolute Gasteiger partial charge is 0.408 e. The fourth-order valence-corrected chi connectivity index (χ4v) is 2.37. The van der Waals surface area contributed by atoms with Crippen LogP contribution in [-0.2, 0) is 9.53 Å². The highest BCUT2D eigenvalue weighted by molar-refractivity contribution is 5.85. The zero-order valence-electron chi connectivity index (χ0n) is 13.2. The molecule has 7 heteroatoms. The molecule has 7 nitrogen and oxygen atoms in total. The molecule has 3 N–H and O–H groups in total. The molecule has 1 amide bonds. The summed E-state index contributed by atoms with van der Waals surface area (Å²) in [4.78, 5) is 25.4. The highest BCUT2D eigenvalue weighted by atomic mass is 16.6. The number of carbonyl (C=O) groups is 2. The number of carboxylic acids is 1. The van der Waals surface area contributed by atoms with Crippen LogP contribution in [0.2, 0.25) is 0 Å². The van der Waals surface area contributed by atoms with Gasteiger partial charge in [0.2, 0.25) is 0 Å². The van der Waals surface area contributed by atoms with Crippen LogP contribution in [0.25, 0.3) is 0 Å². The van der Waals surface area contributed by atoms with Crippen molar-refractivity contribution in [3.05, 3.63) is 0 Å². The van der Waals surface area contributed by atoms with E-state index in [1.165, 1.54) is 0 Å². The summed E-state index contributed by atoms with van der Waals surface area (Å²) in [6, 6.07) is 0. The molecule has 2 atom stereocenters. The van der Waals surface area contributed by atoms with Crippen LogP contribution in [0, 0.1) is 5.92 Å². The van der Waals surface area contributed by atoms with Crippen LogP contribution in [0.3, 0.4) is 0 Å². The van der Waals surface area contributed by atoms with E-state index >= 15 is 0 Å². The van der Waals surface area contributed by atoms with Crippen molar-refractivity contribution >= 4 is 12.1 Å². The number of aliphatic carboxylic acids is 1. The molecule has 2 unspecified atom stereocenters. The number of aliphatic hydroxyl groups is 1. The molecule has 1 aliphatic rings. The zero-order chi connectivity index (χ0) is 16.3. The minimum absolute atomic E-state index is 0.0517. The van der Waals surface area contributed by atoms with E-state index in [0.717, 1.165) is 0 Å². The number of aliphatic hydroxyl groups excluding tert-OH is 1. The zero-order valence-corrected chi connectivity index (χ0v) is 13.2. The summed E-state index contributed by atoms with van der Waals surface area (Å²) in [5, 5.41) is 21.1. The van der Waals surface area contributed by atoms with E-state index in [9.17, 15) is 14.7 Å². The van der Waals surface area contributed by atoms with Gasteiger partial charge in [0.1, 0.15) is 5.60 Å². The van der Waals surface area contributed by atoms with Gasteiger partial charge in [-0.2, -0.15) is 0 Å². The van der Waals surface area contributed by atoms with Crippen molar-refractivity contribution in [2.75, 3.05) is 26.2 Å². The number of hydrogen-bond acceptors (Lipinski definition) is 5. The number of carbonyl (C=O) groups excluding carboxylic acids is 1. The summed E-state index contributed by atoms with van der Waals surface area (Å²) in [6.07, 6.45) is -0.401. The average molecular weight is 302 g/mol. The lowest BCUT2D eigenvalue weighted by Gasteiger charge is -2.28. The van der Waals surface area contributed by atoms with Gasteiger partial charge in [-0.05, 0) is 33.1 Å². The molecule has 1 heterocycles. The predicted molar refractivity (Wildman–Crippen MR) is 77.0 cm³/mol. The van der Waals surface area contributed by atoms with E-state index in [1.807, 2.05) is 11.8 Å². The molecule has 0 saturated carbocycles. The van der Waals surface area contributed by atoms with Gasteiger partial charge in [-0.25, -0.2) is 9.59 Å². The maximum Gasteiger partial charge on any atom is 0.408 e. The average Bonchev–Trinajstić information content (AvgIpc) is 2.70. The first kappa shape index (κ1) is 17.7. The number of hydrogen-bond donors (Lipinski definition) is 3. The Bertz CT molecular complexity index is 393. The van der Waals surface area contributed by atoms with Gasteiger partial charge in [0.15, 0.2) is 5.54 Å². The van der Waals surface area contributed by atoms with Gasteiger partial charge < -0.3 is 20.3 Å². The molecule has 0 radical (unpaired) electrons. The normalized spacial score (nSPS) is 24.6. The summed E-state index contributed by atoms with van der Waals surface area (Å²) in [7, 11) is 0. The lowest BCUT2D eigenvalue weighted by atomic mass is 9.99. The number of nitrogens with zero attached hydrogens (tertiary/aromatic N) is 1. The van der Waals surface area contributed by atoms with Crippen molar-refractivity contribution in [3.8, 4) is 0 Å². The molecule has 0 bridgehead atoms. The molecule has 1 fully saturated rings. The standard InChI is InChI=1S/C14H26N2O5/c1-10(8-17)7-16-6-5-14(9-16,11(18)19)15-12(20)21-13(2,3)4/h10,17H,5-9H2,1-4H3,(H,15,20)(H,18,19). The fourth-order valence-electron chi connectivity index (χ4n) is 2.37. The molecule has 1 rings (SSSR count). The number of amides is 1. The summed E-state index contributed by atoms with van der Waals surface area (Å²) >= 11 is 0. The SMILES string of the molecule is CC(CO)CN1CCC(NC(=O)OC(C)(C)C)(C(=O)O)C1. The molecule has 0 spiro atoms. The molecule has 0 aromatic carbocycles. The van der Waals surface area contributed by atoms with Crippen molar-refractivity contribution in [2.24, 2.45) is 5.92 Å². The van der Waals surface area contributed by atoms with Gasteiger partial charge in [-0.15, -0.1) is 0 Å². The Labute approximate surface area is 125 Å². The topological polar surface area (TPSA) is 99.1 Å². The summed E-state index contributed by atoms with van der Waals surface area (Å²) in [5.74, 6) is -0.997. The lowest BCUT2D eigenvalue weighted by Crippen LogP contribution is -2.57. The minimum Gasteiger partial charge on any atom is -0.479 e. The summed E-state index contributed by atoms with van der Waals surface area (Å²) < 4.78 is 5.14. The third-order valence-corrected chi connectivity index (χ3v) is 3.38. The minimum atomic E-state index is -1.32. The van der Waals surface area contributed by atoms with Gasteiger partial charge in [0.05, 0.1) is 0 Å². The number of rotatable bonds is 5. The molecule has 0 aromatic rings. The Hall–Kier alpha value is -1.34. The Morgan fingerprint density at radius 1 is 1.43 bits per heavy atom. The van der Waals surface area contributed by atoms with Crippen molar-refractivity contribution in [1.82, 2.24) is 10.2 Å². The van der Waals surface area contributed by atoms with Gasteiger partial charge >= 0.3 is 12.1 Å². The van der Waals surface area contributed by atoms with Crippen molar-refractivity contribution < 1.29 is 24.5 Å². The van der Waals surface area contributed by atoms with Crippen LogP contribution < -0.4 is 5.32 Å². The molecule has 0 aromatic heterocycles. The molecule has 1 saturated heterocycles. The maximum absolute atomic E-state index is 11.9. The second-order valence-corrected chi connectivity index (χ2v) is 6.79. The molecule has 1 aliphatic heterocycles. The molecular weight excluding hydrogens is 276 g/mol. The maximum atomic E-state index is 11.9. The van der Waals surface area contributed by atoms with Gasteiger partial charge in [0, 0.05) is 26.2 Å². The number of ether oxygens (including phenoxy) is 1. The van der Waals surface area contributed by atoms with Crippen molar-refractivity contribution in [3.63, 3.8) is 0 Å².